The molecule has 36 heavy (non-hydrogen) atoms. The van der Waals surface area contributed by atoms with Gasteiger partial charge >= 0.3 is 0 Å². The van der Waals surface area contributed by atoms with Gasteiger partial charge in [0.1, 0.15) is 17.7 Å². The van der Waals surface area contributed by atoms with Gasteiger partial charge in [-0.3, -0.25) is 4.79 Å². The number of aryl methyl sites for hydroxylation is 3. The van der Waals surface area contributed by atoms with Crippen LogP contribution in [0.1, 0.15) is 70.2 Å². The van der Waals surface area contributed by atoms with Crippen LogP contribution >= 0.6 is 0 Å². The molecule has 1 aromatic heterocycles. The van der Waals surface area contributed by atoms with Crippen LogP contribution in [-0.4, -0.2) is 41.2 Å². The fourth-order valence-electron chi connectivity index (χ4n) is 3.94. The third-order valence-electron chi connectivity index (χ3n) is 6.37. The molecule has 7 heteroatoms. The summed E-state index contributed by atoms with van der Waals surface area (Å²) in [5.41, 5.74) is 6.49. The molecule has 1 aliphatic rings. The predicted octanol–water partition coefficient (Wildman–Crippen LogP) is 6.11. The summed E-state index contributed by atoms with van der Waals surface area (Å²) in [6, 6.07) is 6.18. The Bertz CT molecular complexity index is 1050. The molecule has 1 fully saturated rings. The van der Waals surface area contributed by atoms with Crippen molar-refractivity contribution in [1.82, 2.24) is 20.6 Å². The molecule has 0 saturated carbocycles. The number of hydrogen-bond acceptors (Lipinski definition) is 6. The monoisotopic (exact) mass is 492 g/mol. The van der Waals surface area contributed by atoms with Crippen molar-refractivity contribution in [3.63, 3.8) is 0 Å². The smallest absolute Gasteiger partial charge is 0.265 e. The Hall–Kier alpha value is -3.06. The summed E-state index contributed by atoms with van der Waals surface area (Å²) in [5.74, 6) is 0.968. The molecule has 0 spiro atoms. The normalized spacial score (nSPS) is 14.6. The lowest BCUT2D eigenvalue weighted by molar-refractivity contribution is -0.115. The number of rotatable bonds is 8. The van der Waals surface area contributed by atoms with Crippen molar-refractivity contribution in [2.45, 2.75) is 74.1 Å². The highest BCUT2D eigenvalue weighted by atomic mass is 16.1. The van der Waals surface area contributed by atoms with Crippen molar-refractivity contribution >= 4 is 28.8 Å². The Balaban J connectivity index is 0.000000572. The van der Waals surface area contributed by atoms with Crippen LogP contribution in [0, 0.1) is 26.7 Å². The quantitative estimate of drug-likeness (QED) is 0.306. The molecule has 1 saturated heterocycles. The number of anilines is 2. The highest BCUT2D eigenvalue weighted by Gasteiger charge is 2.16. The van der Waals surface area contributed by atoms with Gasteiger partial charge in [0.15, 0.2) is 5.82 Å². The first-order chi connectivity index (χ1) is 17.2. The number of nitrogens with one attached hydrogen (secondary N) is 3. The van der Waals surface area contributed by atoms with E-state index in [1.807, 2.05) is 26.0 Å². The van der Waals surface area contributed by atoms with Crippen LogP contribution in [-0.2, 0) is 4.79 Å². The van der Waals surface area contributed by atoms with Gasteiger partial charge < -0.3 is 16.0 Å². The standard InChI is InChI=1S/C22H30N6O.C7H14/c1-14-5-6-19(15(2)11-14)28-21-20(16(3)25-13-26-21)27-17(4)22(29)24-12-18-7-9-23-10-8-18;1-4-6-7(3)5-2/h5-6,11,13,18,23H,7-10,12H2,1-4H3,(H,24,29)(H,25,26,28);6H,4-5H2,1-3H3/b;7-6-. The molecule has 2 aromatic rings. The second-order valence-electron chi connectivity index (χ2n) is 9.51. The zero-order valence-corrected chi connectivity index (χ0v) is 23.2. The summed E-state index contributed by atoms with van der Waals surface area (Å²) in [6.45, 7) is 16.9. The van der Waals surface area contributed by atoms with Crippen LogP contribution in [0.15, 0.2) is 41.2 Å². The van der Waals surface area contributed by atoms with E-state index in [-0.39, 0.29) is 5.91 Å². The van der Waals surface area contributed by atoms with Crippen molar-refractivity contribution in [1.29, 1.82) is 0 Å². The second-order valence-corrected chi connectivity index (χ2v) is 9.51. The number of carbonyl (C=O) groups excluding carboxylic acids is 1. The number of amides is 1. The highest BCUT2D eigenvalue weighted by Crippen LogP contribution is 2.29. The number of benzene rings is 1. The van der Waals surface area contributed by atoms with Gasteiger partial charge in [-0.15, -0.1) is 0 Å². The zero-order chi connectivity index (χ0) is 26.5. The molecule has 0 bridgehead atoms. The Kier molecular flexibility index (Phi) is 12.3. The minimum absolute atomic E-state index is 0.149. The highest BCUT2D eigenvalue weighted by molar-refractivity contribution is 6.38. The summed E-state index contributed by atoms with van der Waals surface area (Å²) in [7, 11) is 0. The number of nitrogens with zero attached hydrogens (tertiary/aromatic N) is 3. The number of piperidine rings is 1. The Morgan fingerprint density at radius 2 is 1.86 bits per heavy atom. The van der Waals surface area contributed by atoms with Crippen LogP contribution in [0.4, 0.5) is 17.2 Å². The molecule has 2 heterocycles. The number of allylic oxidation sites excluding steroid dienone is 2. The maximum absolute atomic E-state index is 12.5. The molecule has 1 aliphatic heterocycles. The maximum Gasteiger partial charge on any atom is 0.265 e. The van der Waals surface area contributed by atoms with Crippen molar-refractivity contribution in [3.05, 3.63) is 53.0 Å². The first-order valence-electron chi connectivity index (χ1n) is 13.1. The van der Waals surface area contributed by atoms with E-state index in [1.54, 1.807) is 6.92 Å². The lowest BCUT2D eigenvalue weighted by atomic mass is 9.98. The number of carbonyl (C=O) groups is 1. The van der Waals surface area contributed by atoms with Crippen LogP contribution < -0.4 is 16.0 Å². The van der Waals surface area contributed by atoms with E-state index in [0.29, 0.717) is 29.7 Å². The molecule has 0 aliphatic carbocycles. The summed E-state index contributed by atoms with van der Waals surface area (Å²) in [4.78, 5) is 25.7. The molecule has 3 N–H and O–H groups in total. The number of hydrogen-bond donors (Lipinski definition) is 3. The van der Waals surface area contributed by atoms with Gasteiger partial charge in [-0.1, -0.05) is 43.2 Å². The minimum atomic E-state index is -0.149. The van der Waals surface area contributed by atoms with Crippen LogP contribution in [0.25, 0.3) is 0 Å². The van der Waals surface area contributed by atoms with E-state index in [0.717, 1.165) is 42.9 Å². The molecular formula is C29H44N6O. The molecule has 0 atom stereocenters. The predicted molar refractivity (Wildman–Crippen MR) is 152 cm³/mol. The fourth-order valence-corrected chi connectivity index (χ4v) is 3.94. The molecule has 0 radical (unpaired) electrons. The van der Waals surface area contributed by atoms with Gasteiger partial charge in [0.25, 0.3) is 5.91 Å². The van der Waals surface area contributed by atoms with E-state index in [2.05, 4.69) is 70.7 Å². The van der Waals surface area contributed by atoms with Crippen LogP contribution in [0.3, 0.4) is 0 Å². The van der Waals surface area contributed by atoms with Crippen LogP contribution in [0.5, 0.6) is 0 Å². The Labute approximate surface area is 217 Å². The SMILES string of the molecule is CC(=Nc1c(C)ncnc1Nc1ccc(C)cc1C)C(=O)NCC1CCNCC1.CC/C=C(/C)CC. The third kappa shape index (κ3) is 9.53. The van der Waals surface area contributed by atoms with E-state index >= 15 is 0 Å². The molecule has 196 valence electrons. The van der Waals surface area contributed by atoms with Crippen LogP contribution in [0.2, 0.25) is 0 Å². The van der Waals surface area contributed by atoms with Crippen molar-refractivity contribution in [2.75, 3.05) is 25.0 Å². The average molecular weight is 493 g/mol. The van der Waals surface area contributed by atoms with Gasteiger partial charge in [-0.05, 0) is 90.9 Å². The Morgan fingerprint density at radius 3 is 2.47 bits per heavy atom. The summed E-state index contributed by atoms with van der Waals surface area (Å²) in [6.07, 6.45) is 8.33. The molecular weight excluding hydrogens is 448 g/mol. The summed E-state index contributed by atoms with van der Waals surface area (Å²) in [5, 5.41) is 9.70. The average Bonchev–Trinajstić information content (AvgIpc) is 2.87. The second kappa shape index (κ2) is 15.1. The number of aliphatic imine (C=N–C) groups is 1. The summed E-state index contributed by atoms with van der Waals surface area (Å²) < 4.78 is 0. The van der Waals surface area contributed by atoms with Gasteiger partial charge in [-0.25, -0.2) is 15.0 Å². The third-order valence-corrected chi connectivity index (χ3v) is 6.37. The first kappa shape index (κ1) is 29.2. The molecule has 3 rings (SSSR count). The molecule has 1 aromatic carbocycles. The van der Waals surface area contributed by atoms with E-state index in [4.69, 9.17) is 0 Å². The largest absolute Gasteiger partial charge is 0.351 e. The van der Waals surface area contributed by atoms with Crippen molar-refractivity contribution in [2.24, 2.45) is 10.9 Å². The van der Waals surface area contributed by atoms with Crippen molar-refractivity contribution < 1.29 is 4.79 Å². The van der Waals surface area contributed by atoms with E-state index in [9.17, 15) is 4.79 Å². The van der Waals surface area contributed by atoms with Crippen molar-refractivity contribution in [3.8, 4) is 0 Å². The molecule has 7 nitrogen and oxygen atoms in total. The topological polar surface area (TPSA) is 91.3 Å². The maximum atomic E-state index is 12.5. The van der Waals surface area contributed by atoms with E-state index in [1.165, 1.54) is 30.3 Å². The summed E-state index contributed by atoms with van der Waals surface area (Å²) >= 11 is 0. The van der Waals surface area contributed by atoms with Gasteiger partial charge in [0.05, 0.1) is 5.69 Å². The molecule has 0 unspecified atom stereocenters. The number of aromatic nitrogens is 2. The zero-order valence-electron chi connectivity index (χ0n) is 23.2. The first-order valence-corrected chi connectivity index (χ1v) is 13.1. The van der Waals surface area contributed by atoms with E-state index < -0.39 is 0 Å². The lowest BCUT2D eigenvalue weighted by Crippen LogP contribution is -2.38. The fraction of sp³-hybridized carbons (Fsp3) is 0.517. The molecule has 1 amide bonds. The minimum Gasteiger partial charge on any atom is -0.351 e. The van der Waals surface area contributed by atoms with Gasteiger partial charge in [0.2, 0.25) is 0 Å². The van der Waals surface area contributed by atoms with Gasteiger partial charge in [0, 0.05) is 12.2 Å². The Morgan fingerprint density at radius 1 is 1.14 bits per heavy atom. The van der Waals surface area contributed by atoms with Gasteiger partial charge in [-0.2, -0.15) is 0 Å². The lowest BCUT2D eigenvalue weighted by Gasteiger charge is -2.22.